The first-order valence-electron chi connectivity index (χ1n) is 9.60. The van der Waals surface area contributed by atoms with Gasteiger partial charge in [-0.3, -0.25) is 14.5 Å². The summed E-state index contributed by atoms with van der Waals surface area (Å²) in [6.45, 7) is 6.08. The quantitative estimate of drug-likeness (QED) is 0.518. The van der Waals surface area contributed by atoms with E-state index in [2.05, 4.69) is 9.97 Å². The highest BCUT2D eigenvalue weighted by Crippen LogP contribution is 2.36. The minimum absolute atomic E-state index is 0.181. The van der Waals surface area contributed by atoms with E-state index in [0.717, 1.165) is 28.7 Å². The van der Waals surface area contributed by atoms with Gasteiger partial charge in [-0.05, 0) is 49.4 Å². The second-order valence-corrected chi connectivity index (χ2v) is 8.55. The number of benzene rings is 1. The molecule has 2 aromatic rings. The van der Waals surface area contributed by atoms with Crippen molar-refractivity contribution in [2.45, 2.75) is 25.5 Å². The van der Waals surface area contributed by atoms with Gasteiger partial charge in [0, 0.05) is 29.5 Å². The molecule has 1 aromatic heterocycles. The Morgan fingerprint density at radius 1 is 1.03 bits per heavy atom. The van der Waals surface area contributed by atoms with Crippen LogP contribution < -0.4 is 0 Å². The van der Waals surface area contributed by atoms with Crippen LogP contribution in [0.5, 0.6) is 0 Å². The third-order valence-corrected chi connectivity index (χ3v) is 6.03. The summed E-state index contributed by atoms with van der Waals surface area (Å²) in [7, 11) is 0. The van der Waals surface area contributed by atoms with Crippen molar-refractivity contribution < 1.29 is 14.3 Å². The Labute approximate surface area is 184 Å². The molecule has 0 saturated carbocycles. The molecule has 30 heavy (non-hydrogen) atoms. The summed E-state index contributed by atoms with van der Waals surface area (Å²) in [6, 6.07) is 9.00. The number of nitrogens with zero attached hydrogens (tertiary/aromatic N) is 4. The molecule has 0 atom stereocenters. The van der Waals surface area contributed by atoms with Gasteiger partial charge in [-0.25, -0.2) is 9.97 Å². The largest absolute Gasteiger partial charge is 0.378 e. The van der Waals surface area contributed by atoms with Gasteiger partial charge in [0.1, 0.15) is 10.6 Å². The Morgan fingerprint density at radius 2 is 1.67 bits per heavy atom. The van der Waals surface area contributed by atoms with Crippen molar-refractivity contribution in [3.63, 3.8) is 0 Å². The molecule has 1 fully saturated rings. The molecule has 7 nitrogen and oxygen atoms in total. The van der Waals surface area contributed by atoms with Crippen LogP contribution in [0.1, 0.15) is 17.0 Å². The van der Waals surface area contributed by atoms with E-state index in [0.29, 0.717) is 47.1 Å². The number of carbonyl (C=O) groups excluding carboxylic acids is 2. The van der Waals surface area contributed by atoms with E-state index < -0.39 is 0 Å². The predicted octanol–water partition coefficient (Wildman–Crippen LogP) is 2.95. The van der Waals surface area contributed by atoms with Crippen LogP contribution in [0.25, 0.3) is 0 Å². The van der Waals surface area contributed by atoms with Crippen molar-refractivity contribution in [3.05, 3.63) is 62.9 Å². The molecule has 9 heteroatoms. The number of halogens is 1. The highest BCUT2D eigenvalue weighted by Gasteiger charge is 2.42. The molecule has 3 heterocycles. The highest BCUT2D eigenvalue weighted by atomic mass is 35.5. The van der Waals surface area contributed by atoms with Gasteiger partial charge >= 0.3 is 0 Å². The van der Waals surface area contributed by atoms with Crippen molar-refractivity contribution >= 4 is 35.2 Å². The number of carbonyl (C=O) groups is 2. The summed E-state index contributed by atoms with van der Waals surface area (Å²) in [4.78, 5) is 39.0. The van der Waals surface area contributed by atoms with E-state index in [-0.39, 0.29) is 18.4 Å². The third-order valence-electron chi connectivity index (χ3n) is 4.84. The first-order chi connectivity index (χ1) is 14.4. The summed E-state index contributed by atoms with van der Waals surface area (Å²) < 4.78 is 5.42. The fourth-order valence-corrected chi connectivity index (χ4v) is 4.64. The summed E-state index contributed by atoms with van der Waals surface area (Å²) in [5, 5.41) is 1.07. The van der Waals surface area contributed by atoms with E-state index in [1.54, 1.807) is 12.1 Å². The smallest absolute Gasteiger partial charge is 0.278 e. The van der Waals surface area contributed by atoms with Crippen LogP contribution in [0.2, 0.25) is 5.02 Å². The molecule has 2 aliphatic heterocycles. The Bertz CT molecular complexity index is 999. The Morgan fingerprint density at radius 3 is 2.30 bits per heavy atom. The molecule has 0 unspecified atom stereocenters. The number of imide groups is 1. The van der Waals surface area contributed by atoms with Gasteiger partial charge in [0.25, 0.3) is 11.8 Å². The SMILES string of the molecule is Cc1cc(C)nc(SC2=C(N3CCOCC3)C(=O)N(Cc3ccc(Cl)cc3)C2=O)n1. The number of ether oxygens (including phenoxy) is 1. The van der Waals surface area contributed by atoms with Crippen LogP contribution in [0.15, 0.2) is 46.1 Å². The fourth-order valence-electron chi connectivity index (χ4n) is 3.45. The molecule has 0 N–H and O–H groups in total. The van der Waals surface area contributed by atoms with Crippen LogP contribution in [0.3, 0.4) is 0 Å². The number of thioether (sulfide) groups is 1. The molecular weight excluding hydrogens is 424 g/mol. The molecule has 0 bridgehead atoms. The Kier molecular flexibility index (Phi) is 6.08. The molecule has 156 valence electrons. The standard InChI is InChI=1S/C21H21ClN4O3S/c1-13-11-14(2)24-21(23-13)30-18-17(25-7-9-29-10-8-25)19(27)26(20(18)28)12-15-3-5-16(22)6-4-15/h3-6,11H,7-10,12H2,1-2H3. The normalized spacial score (nSPS) is 17.3. The number of amides is 2. The molecule has 1 saturated heterocycles. The number of morpholine rings is 1. The van der Waals surface area contributed by atoms with Crippen LogP contribution in [-0.2, 0) is 20.9 Å². The topological polar surface area (TPSA) is 75.6 Å². The lowest BCUT2D eigenvalue weighted by Crippen LogP contribution is -2.40. The van der Waals surface area contributed by atoms with Gasteiger partial charge in [-0.2, -0.15) is 0 Å². The highest BCUT2D eigenvalue weighted by molar-refractivity contribution is 8.04. The number of hydrogen-bond donors (Lipinski definition) is 0. The minimum atomic E-state index is -0.329. The Hall–Kier alpha value is -2.42. The maximum absolute atomic E-state index is 13.3. The van der Waals surface area contributed by atoms with Gasteiger partial charge in [-0.15, -0.1) is 0 Å². The minimum Gasteiger partial charge on any atom is -0.378 e. The van der Waals surface area contributed by atoms with Crippen LogP contribution in [-0.4, -0.2) is 57.9 Å². The Balaban J connectivity index is 1.67. The zero-order valence-corrected chi connectivity index (χ0v) is 18.3. The molecule has 0 aliphatic carbocycles. The van der Waals surface area contributed by atoms with Gasteiger partial charge in [0.2, 0.25) is 0 Å². The van der Waals surface area contributed by atoms with Crippen molar-refractivity contribution in [3.8, 4) is 0 Å². The maximum Gasteiger partial charge on any atom is 0.278 e. The lowest BCUT2D eigenvalue weighted by atomic mass is 10.2. The van der Waals surface area contributed by atoms with E-state index in [9.17, 15) is 9.59 Å². The number of aromatic nitrogens is 2. The number of hydrogen-bond acceptors (Lipinski definition) is 7. The summed E-state index contributed by atoms with van der Waals surface area (Å²) in [5.74, 6) is -0.632. The molecular formula is C21H21ClN4O3S. The summed E-state index contributed by atoms with van der Waals surface area (Å²) in [5.41, 5.74) is 2.86. The average Bonchev–Trinajstić information content (AvgIpc) is 2.94. The van der Waals surface area contributed by atoms with E-state index in [1.807, 2.05) is 36.9 Å². The monoisotopic (exact) mass is 444 g/mol. The molecule has 0 spiro atoms. The van der Waals surface area contributed by atoms with Crippen LogP contribution >= 0.6 is 23.4 Å². The van der Waals surface area contributed by atoms with Crippen molar-refractivity contribution in [2.75, 3.05) is 26.3 Å². The zero-order chi connectivity index (χ0) is 21.3. The average molecular weight is 445 g/mol. The number of rotatable bonds is 5. The lowest BCUT2D eigenvalue weighted by Gasteiger charge is -2.29. The first kappa shape index (κ1) is 20.8. The van der Waals surface area contributed by atoms with E-state index in [1.165, 1.54) is 4.90 Å². The zero-order valence-electron chi connectivity index (χ0n) is 16.7. The molecule has 2 aliphatic rings. The van der Waals surface area contributed by atoms with Crippen molar-refractivity contribution in [2.24, 2.45) is 0 Å². The lowest BCUT2D eigenvalue weighted by molar-refractivity contribution is -0.138. The van der Waals surface area contributed by atoms with Gasteiger partial charge in [0.05, 0.1) is 19.8 Å². The van der Waals surface area contributed by atoms with Gasteiger partial charge in [0.15, 0.2) is 5.16 Å². The molecule has 2 amide bonds. The summed E-state index contributed by atoms with van der Waals surface area (Å²) >= 11 is 7.11. The van der Waals surface area contributed by atoms with Crippen molar-refractivity contribution in [1.29, 1.82) is 0 Å². The first-order valence-corrected chi connectivity index (χ1v) is 10.8. The van der Waals surface area contributed by atoms with Gasteiger partial charge in [-0.1, -0.05) is 23.7 Å². The van der Waals surface area contributed by atoms with Gasteiger partial charge < -0.3 is 9.64 Å². The third kappa shape index (κ3) is 4.35. The predicted molar refractivity (Wildman–Crippen MR) is 114 cm³/mol. The molecule has 4 rings (SSSR count). The van der Waals surface area contributed by atoms with E-state index >= 15 is 0 Å². The van der Waals surface area contributed by atoms with Crippen LogP contribution in [0.4, 0.5) is 0 Å². The summed E-state index contributed by atoms with van der Waals surface area (Å²) in [6.07, 6.45) is 0. The van der Waals surface area contributed by atoms with Crippen molar-refractivity contribution in [1.82, 2.24) is 19.8 Å². The van der Waals surface area contributed by atoms with Crippen LogP contribution in [0, 0.1) is 13.8 Å². The maximum atomic E-state index is 13.3. The van der Waals surface area contributed by atoms with E-state index in [4.69, 9.17) is 16.3 Å². The second kappa shape index (κ2) is 8.75. The second-order valence-electron chi connectivity index (χ2n) is 7.14. The fraction of sp³-hybridized carbons (Fsp3) is 0.333. The number of aryl methyl sites for hydroxylation is 2. The molecule has 1 aromatic carbocycles. The molecule has 0 radical (unpaired) electrons.